The summed E-state index contributed by atoms with van der Waals surface area (Å²) in [6.45, 7) is 6.19. The molecule has 1 saturated heterocycles. The molecule has 0 saturated carbocycles. The van der Waals surface area contributed by atoms with Gasteiger partial charge in [0.05, 0.1) is 20.3 Å². The Morgan fingerprint density at radius 1 is 1.33 bits per heavy atom. The predicted molar refractivity (Wildman–Crippen MR) is 66.2 cm³/mol. The fourth-order valence-electron chi connectivity index (χ4n) is 1.83. The fourth-order valence-corrected chi connectivity index (χ4v) is 1.83. The maximum absolute atomic E-state index is 12.0. The van der Waals surface area contributed by atoms with E-state index in [0.717, 1.165) is 0 Å². The summed E-state index contributed by atoms with van der Waals surface area (Å²) in [5, 5.41) is 2.73. The van der Waals surface area contributed by atoms with Gasteiger partial charge in [0.1, 0.15) is 6.04 Å². The van der Waals surface area contributed by atoms with E-state index in [-0.39, 0.29) is 6.03 Å². The molecule has 0 aliphatic carbocycles. The van der Waals surface area contributed by atoms with Crippen LogP contribution in [0.2, 0.25) is 0 Å². The standard InChI is InChI=1S/C12H22N2O4/c1-9(2)8-10(11(15)17-3)13-12(16)14-4-6-18-7-5-14/h9-10H,4-8H2,1-3H3,(H,13,16). The Morgan fingerprint density at radius 3 is 2.44 bits per heavy atom. The summed E-state index contributed by atoms with van der Waals surface area (Å²) >= 11 is 0. The summed E-state index contributed by atoms with van der Waals surface area (Å²) in [5.41, 5.74) is 0. The second-order valence-electron chi connectivity index (χ2n) is 4.75. The highest BCUT2D eigenvalue weighted by Crippen LogP contribution is 2.07. The molecule has 6 nitrogen and oxygen atoms in total. The molecule has 0 aromatic carbocycles. The number of esters is 1. The van der Waals surface area contributed by atoms with Gasteiger partial charge in [-0.1, -0.05) is 13.8 Å². The monoisotopic (exact) mass is 258 g/mol. The molecule has 1 fully saturated rings. The molecule has 0 spiro atoms. The number of hydrogen-bond acceptors (Lipinski definition) is 4. The molecule has 1 rings (SSSR count). The van der Waals surface area contributed by atoms with Gasteiger partial charge in [-0.15, -0.1) is 0 Å². The molecule has 1 heterocycles. The van der Waals surface area contributed by atoms with Gasteiger partial charge in [0.2, 0.25) is 0 Å². The minimum absolute atomic E-state index is 0.227. The molecule has 0 aromatic rings. The molecule has 1 unspecified atom stereocenters. The summed E-state index contributed by atoms with van der Waals surface area (Å²) in [5.74, 6) is -0.0931. The molecule has 104 valence electrons. The molecule has 1 atom stereocenters. The Labute approximate surface area is 108 Å². The van der Waals surface area contributed by atoms with Gasteiger partial charge in [0, 0.05) is 13.1 Å². The van der Waals surface area contributed by atoms with Crippen molar-refractivity contribution >= 4 is 12.0 Å². The van der Waals surface area contributed by atoms with E-state index in [0.29, 0.717) is 38.6 Å². The quantitative estimate of drug-likeness (QED) is 0.750. The SMILES string of the molecule is COC(=O)C(CC(C)C)NC(=O)N1CCOCC1. The maximum Gasteiger partial charge on any atom is 0.328 e. The van der Waals surface area contributed by atoms with Gasteiger partial charge in [-0.2, -0.15) is 0 Å². The van der Waals surface area contributed by atoms with Gasteiger partial charge in [-0.05, 0) is 12.3 Å². The van der Waals surface area contributed by atoms with Crippen molar-refractivity contribution in [3.63, 3.8) is 0 Å². The molecule has 6 heteroatoms. The van der Waals surface area contributed by atoms with Gasteiger partial charge in [0.25, 0.3) is 0 Å². The van der Waals surface area contributed by atoms with Crippen molar-refractivity contribution in [2.75, 3.05) is 33.4 Å². The zero-order chi connectivity index (χ0) is 13.5. The van der Waals surface area contributed by atoms with Gasteiger partial charge >= 0.3 is 12.0 Å². The van der Waals surface area contributed by atoms with Crippen LogP contribution in [0.3, 0.4) is 0 Å². The first-order valence-electron chi connectivity index (χ1n) is 6.25. The molecule has 18 heavy (non-hydrogen) atoms. The molecule has 0 aromatic heterocycles. The summed E-state index contributed by atoms with van der Waals surface area (Å²) in [6, 6.07) is -0.806. The number of nitrogens with one attached hydrogen (secondary N) is 1. The number of morpholine rings is 1. The van der Waals surface area contributed by atoms with Crippen LogP contribution in [0.5, 0.6) is 0 Å². The first-order chi connectivity index (χ1) is 8.54. The average Bonchev–Trinajstić information content (AvgIpc) is 2.37. The Hall–Kier alpha value is -1.30. The van der Waals surface area contributed by atoms with Crippen LogP contribution in [0.15, 0.2) is 0 Å². The number of carbonyl (C=O) groups is 2. The third-order valence-electron chi connectivity index (χ3n) is 2.79. The lowest BCUT2D eigenvalue weighted by atomic mass is 10.0. The minimum Gasteiger partial charge on any atom is -0.467 e. The van der Waals surface area contributed by atoms with Gasteiger partial charge in [-0.25, -0.2) is 9.59 Å². The summed E-state index contributed by atoms with van der Waals surface area (Å²) in [7, 11) is 1.33. The van der Waals surface area contributed by atoms with Crippen molar-refractivity contribution in [1.29, 1.82) is 0 Å². The van der Waals surface area contributed by atoms with Gasteiger partial charge in [-0.3, -0.25) is 0 Å². The Balaban J connectivity index is 2.52. The van der Waals surface area contributed by atoms with Crippen molar-refractivity contribution in [3.05, 3.63) is 0 Å². The molecule has 1 aliphatic heterocycles. The van der Waals surface area contributed by atoms with Crippen molar-refractivity contribution < 1.29 is 19.1 Å². The van der Waals surface area contributed by atoms with Crippen molar-refractivity contribution in [3.8, 4) is 0 Å². The molecule has 0 bridgehead atoms. The Kier molecular flexibility index (Phi) is 5.91. The maximum atomic E-state index is 12.0. The number of amides is 2. The van der Waals surface area contributed by atoms with Crippen LogP contribution in [0.25, 0.3) is 0 Å². The lowest BCUT2D eigenvalue weighted by Crippen LogP contribution is -2.51. The molecule has 1 N–H and O–H groups in total. The van der Waals surface area contributed by atoms with Gasteiger partial charge in [0.15, 0.2) is 0 Å². The summed E-state index contributed by atoms with van der Waals surface area (Å²) < 4.78 is 9.88. The van der Waals surface area contributed by atoms with Crippen molar-refractivity contribution in [1.82, 2.24) is 10.2 Å². The second kappa shape index (κ2) is 7.20. The molecule has 0 radical (unpaired) electrons. The predicted octanol–water partition coefficient (Wildman–Crippen LogP) is 0.616. The third-order valence-corrected chi connectivity index (χ3v) is 2.79. The smallest absolute Gasteiger partial charge is 0.328 e. The molecular weight excluding hydrogens is 236 g/mol. The number of methoxy groups -OCH3 is 1. The number of hydrogen-bond donors (Lipinski definition) is 1. The van der Waals surface area contributed by atoms with Crippen molar-refractivity contribution in [2.45, 2.75) is 26.3 Å². The van der Waals surface area contributed by atoms with E-state index < -0.39 is 12.0 Å². The number of carbonyl (C=O) groups excluding carboxylic acids is 2. The highest BCUT2D eigenvalue weighted by molar-refractivity contribution is 5.83. The normalized spacial score (nSPS) is 17.4. The number of urea groups is 1. The number of nitrogens with zero attached hydrogens (tertiary/aromatic N) is 1. The summed E-state index contributed by atoms with van der Waals surface area (Å²) in [6.07, 6.45) is 0.572. The topological polar surface area (TPSA) is 67.9 Å². The van der Waals surface area contributed by atoms with Crippen LogP contribution in [-0.2, 0) is 14.3 Å². The largest absolute Gasteiger partial charge is 0.467 e. The van der Waals surface area contributed by atoms with E-state index >= 15 is 0 Å². The number of ether oxygens (including phenoxy) is 2. The Morgan fingerprint density at radius 2 is 1.94 bits per heavy atom. The van der Waals surface area contributed by atoms with E-state index in [2.05, 4.69) is 5.32 Å². The van der Waals surface area contributed by atoms with Crippen LogP contribution in [0, 0.1) is 5.92 Å². The fraction of sp³-hybridized carbons (Fsp3) is 0.833. The van der Waals surface area contributed by atoms with Crippen molar-refractivity contribution in [2.24, 2.45) is 5.92 Å². The first-order valence-corrected chi connectivity index (χ1v) is 6.25. The zero-order valence-electron chi connectivity index (χ0n) is 11.3. The molecule has 2 amide bonds. The van der Waals surface area contributed by atoms with Crippen LogP contribution >= 0.6 is 0 Å². The average molecular weight is 258 g/mol. The van der Waals surface area contributed by atoms with Crippen LogP contribution < -0.4 is 5.32 Å². The highest BCUT2D eigenvalue weighted by Gasteiger charge is 2.25. The minimum atomic E-state index is -0.578. The lowest BCUT2D eigenvalue weighted by Gasteiger charge is -2.29. The van der Waals surface area contributed by atoms with E-state index in [4.69, 9.17) is 9.47 Å². The summed E-state index contributed by atoms with van der Waals surface area (Å²) in [4.78, 5) is 25.2. The molecule has 1 aliphatic rings. The molecular formula is C12H22N2O4. The number of rotatable bonds is 4. The lowest BCUT2D eigenvalue weighted by molar-refractivity contribution is -0.143. The van der Waals surface area contributed by atoms with E-state index in [1.54, 1.807) is 4.90 Å². The highest BCUT2D eigenvalue weighted by atomic mass is 16.5. The van der Waals surface area contributed by atoms with Crippen LogP contribution in [0.4, 0.5) is 4.79 Å². The van der Waals surface area contributed by atoms with Gasteiger partial charge < -0.3 is 19.7 Å². The third kappa shape index (κ3) is 4.52. The van der Waals surface area contributed by atoms with Crippen LogP contribution in [-0.4, -0.2) is 56.4 Å². The zero-order valence-corrected chi connectivity index (χ0v) is 11.3. The van der Waals surface area contributed by atoms with E-state index in [1.807, 2.05) is 13.8 Å². The Bertz CT molecular complexity index is 288. The van der Waals surface area contributed by atoms with E-state index in [9.17, 15) is 9.59 Å². The van der Waals surface area contributed by atoms with Crippen LogP contribution in [0.1, 0.15) is 20.3 Å². The second-order valence-corrected chi connectivity index (χ2v) is 4.75. The first kappa shape index (κ1) is 14.8. The van der Waals surface area contributed by atoms with E-state index in [1.165, 1.54) is 7.11 Å².